The van der Waals surface area contributed by atoms with Crippen molar-refractivity contribution in [1.29, 1.82) is 0 Å². The number of alkyl halides is 6. The molecular weight excluding hydrogens is 410 g/mol. The maximum absolute atomic E-state index is 11.3. The van der Waals surface area contributed by atoms with Crippen LogP contribution < -0.4 is 5.11 Å². The van der Waals surface area contributed by atoms with Crippen molar-refractivity contribution in [1.82, 2.24) is 0 Å². The number of ketones is 1. The molecule has 0 aromatic carbocycles. The molecule has 0 saturated heterocycles. The Hall–Kier alpha value is -0.288. The minimum Gasteiger partial charge on any atom is -0.869 e. The van der Waals surface area contributed by atoms with Gasteiger partial charge in [0.05, 0.1) is 0 Å². The fourth-order valence-electron chi connectivity index (χ4n) is 0.283. The van der Waals surface area contributed by atoms with Gasteiger partial charge >= 0.3 is 39.7 Å². The quantitative estimate of drug-likeness (QED) is 0.274. The van der Waals surface area contributed by atoms with Crippen molar-refractivity contribution in [2.75, 3.05) is 0 Å². The molecule has 0 aromatic heterocycles. The first-order chi connectivity index (χ1) is 5.55. The Labute approximate surface area is 93.7 Å². The van der Waals surface area contributed by atoms with E-state index in [4.69, 9.17) is 0 Å². The second-order valence-electron chi connectivity index (χ2n) is 1.87. The minimum atomic E-state index is -5.46. The van der Waals surface area contributed by atoms with Gasteiger partial charge in [-0.25, -0.2) is 0 Å². The van der Waals surface area contributed by atoms with Gasteiger partial charge in [0, 0.05) is 0 Å². The third-order valence-electron chi connectivity index (χ3n) is 0.821. The van der Waals surface area contributed by atoms with Crippen LogP contribution in [0.15, 0.2) is 11.8 Å². The Balaban J connectivity index is 0. The molecule has 0 heterocycles. The monoisotopic (exact) mass is 412 g/mol. The fraction of sp³-hybridized carbons (Fsp3) is 0.400. The van der Waals surface area contributed by atoms with Gasteiger partial charge in [-0.1, -0.05) is 0 Å². The molecule has 0 N–H and O–H groups in total. The summed E-state index contributed by atoms with van der Waals surface area (Å²) < 4.78 is 67.8. The molecule has 0 atom stereocenters. The van der Waals surface area contributed by atoms with Crippen molar-refractivity contribution in [3.63, 3.8) is 0 Å². The van der Waals surface area contributed by atoms with Crippen LogP contribution in [0, 0.1) is 0 Å². The molecule has 0 spiro atoms. The standard InChI is InChI=1S/C5H2F6O2.Tl/c6-4(7,8)2(12)1-3(13)5(9,10)11;/h1,12H;/q;+3/p-1. The number of allylic oxidation sites excluding steroid dienone is 2. The van der Waals surface area contributed by atoms with E-state index in [1.54, 1.807) is 0 Å². The van der Waals surface area contributed by atoms with Crippen molar-refractivity contribution in [2.24, 2.45) is 0 Å². The van der Waals surface area contributed by atoms with E-state index >= 15 is 0 Å². The van der Waals surface area contributed by atoms with Crippen molar-refractivity contribution >= 4 is 33.1 Å². The van der Waals surface area contributed by atoms with E-state index in [9.17, 15) is 36.2 Å². The van der Waals surface area contributed by atoms with Crippen LogP contribution in [0.2, 0.25) is 0 Å². The average molecular weight is 411 g/mol. The van der Waals surface area contributed by atoms with Crippen molar-refractivity contribution in [3.05, 3.63) is 11.8 Å². The molecule has 0 bridgehead atoms. The van der Waals surface area contributed by atoms with Gasteiger partial charge in [0.25, 0.3) is 5.78 Å². The molecule has 76 valence electrons. The molecule has 0 amide bonds. The predicted molar refractivity (Wildman–Crippen MR) is 31.0 cm³/mol. The molecule has 0 aliphatic rings. The van der Waals surface area contributed by atoms with Gasteiger partial charge in [0.15, 0.2) is 0 Å². The fourth-order valence-corrected chi connectivity index (χ4v) is 0.283. The van der Waals surface area contributed by atoms with E-state index in [0.717, 1.165) is 0 Å². The van der Waals surface area contributed by atoms with E-state index in [-0.39, 0.29) is 27.3 Å². The predicted octanol–water partition coefficient (Wildman–Crippen LogP) is 0.543. The molecule has 0 unspecified atom stereocenters. The van der Waals surface area contributed by atoms with E-state index in [0.29, 0.717) is 0 Å². The number of carbonyl (C=O) groups excluding carboxylic acids is 1. The van der Waals surface area contributed by atoms with Crippen LogP contribution in [0.4, 0.5) is 26.3 Å². The molecule has 0 rings (SSSR count). The molecule has 0 saturated carbocycles. The molecule has 0 aromatic rings. The van der Waals surface area contributed by atoms with Crippen LogP contribution in [-0.4, -0.2) is 45.4 Å². The minimum absolute atomic E-state index is 0. The maximum Gasteiger partial charge on any atom is 3.00 e. The van der Waals surface area contributed by atoms with Crippen molar-refractivity contribution in [3.8, 4) is 0 Å². The van der Waals surface area contributed by atoms with Crippen molar-refractivity contribution < 1.29 is 36.2 Å². The molecule has 14 heavy (non-hydrogen) atoms. The molecule has 2 nitrogen and oxygen atoms in total. The van der Waals surface area contributed by atoms with Gasteiger partial charge in [-0.15, -0.1) is 0 Å². The summed E-state index contributed by atoms with van der Waals surface area (Å²) in [6.07, 6.45) is -11.9. The van der Waals surface area contributed by atoms with Crippen LogP contribution in [0.5, 0.6) is 0 Å². The summed E-state index contributed by atoms with van der Waals surface area (Å²) in [7, 11) is 0. The van der Waals surface area contributed by atoms with Gasteiger partial charge in [-0.05, 0) is 11.8 Å². The van der Waals surface area contributed by atoms with E-state index in [2.05, 4.69) is 0 Å². The van der Waals surface area contributed by atoms with Crippen LogP contribution in [-0.2, 0) is 4.79 Å². The second-order valence-corrected chi connectivity index (χ2v) is 1.87. The Morgan fingerprint density at radius 1 is 1.00 bits per heavy atom. The Kier molecular flexibility index (Phi) is 5.75. The van der Waals surface area contributed by atoms with Gasteiger partial charge in [-0.2, -0.15) is 26.3 Å². The normalized spacial score (nSPS) is 13.4. The average Bonchev–Trinajstić information content (AvgIpc) is 1.82. The number of halogens is 6. The van der Waals surface area contributed by atoms with E-state index in [1.807, 2.05) is 0 Å². The zero-order valence-electron chi connectivity index (χ0n) is 6.24. The SMILES string of the molecule is O=C(C=C([O-])C(F)(F)F)C(F)(F)F.[Tl+3]. The summed E-state index contributed by atoms with van der Waals surface area (Å²) in [6, 6.07) is 0. The molecule has 0 aliphatic carbocycles. The Morgan fingerprint density at radius 3 is 1.57 bits per heavy atom. The molecular formula is C5HF6O2Tl+2. The van der Waals surface area contributed by atoms with Crippen LogP contribution in [0.25, 0.3) is 0 Å². The summed E-state index contributed by atoms with van der Waals surface area (Å²) in [5.74, 6) is -5.65. The molecule has 9 heteroatoms. The Bertz CT molecular complexity index is 240. The van der Waals surface area contributed by atoms with Crippen LogP contribution in [0.1, 0.15) is 0 Å². The molecule has 0 fully saturated rings. The first kappa shape index (κ1) is 16.2. The first-order valence-electron chi connectivity index (χ1n) is 2.62. The van der Waals surface area contributed by atoms with Gasteiger partial charge < -0.3 is 5.11 Å². The summed E-state index contributed by atoms with van der Waals surface area (Å²) in [5, 5.41) is 9.82. The van der Waals surface area contributed by atoms with E-state index < -0.39 is 30.0 Å². The maximum atomic E-state index is 11.3. The van der Waals surface area contributed by atoms with E-state index in [1.165, 1.54) is 0 Å². The van der Waals surface area contributed by atoms with Crippen LogP contribution in [0.3, 0.4) is 0 Å². The van der Waals surface area contributed by atoms with Crippen LogP contribution >= 0.6 is 0 Å². The number of carbonyl (C=O) groups is 1. The van der Waals surface area contributed by atoms with Crippen molar-refractivity contribution in [2.45, 2.75) is 12.4 Å². The smallest absolute Gasteiger partial charge is 0.869 e. The second kappa shape index (κ2) is 4.98. The molecule has 0 radical (unpaired) electrons. The zero-order chi connectivity index (χ0) is 10.9. The number of rotatable bonds is 1. The Morgan fingerprint density at radius 2 is 1.36 bits per heavy atom. The summed E-state index contributed by atoms with van der Waals surface area (Å²) in [6.45, 7) is 0. The zero-order valence-corrected chi connectivity index (χ0v) is 10.7. The largest absolute Gasteiger partial charge is 3.00 e. The third kappa shape index (κ3) is 5.44. The summed E-state index contributed by atoms with van der Waals surface area (Å²) in [5.41, 5.74) is 0. The van der Waals surface area contributed by atoms with Gasteiger partial charge in [0.1, 0.15) is 0 Å². The third-order valence-corrected chi connectivity index (χ3v) is 0.821. The topological polar surface area (TPSA) is 40.1 Å². The summed E-state index contributed by atoms with van der Waals surface area (Å²) in [4.78, 5) is 9.82. The number of hydrogen-bond acceptors (Lipinski definition) is 2. The first-order valence-corrected chi connectivity index (χ1v) is 2.62. The number of hydrogen-bond donors (Lipinski definition) is 0. The molecule has 0 aliphatic heterocycles. The van der Waals surface area contributed by atoms with Gasteiger partial charge in [0.2, 0.25) is 0 Å². The van der Waals surface area contributed by atoms with Gasteiger partial charge in [-0.3, -0.25) is 4.79 Å². The summed E-state index contributed by atoms with van der Waals surface area (Å²) >= 11 is 0.